The Hall–Kier alpha value is -3.41. The van der Waals surface area contributed by atoms with Crippen LogP contribution in [0.4, 0.5) is 11.4 Å². The number of methoxy groups -OCH3 is 1. The number of hydrogen-bond donors (Lipinski definition) is 0. The van der Waals surface area contributed by atoms with Crippen molar-refractivity contribution in [2.75, 3.05) is 25.2 Å². The average molecular weight is 650 g/mol. The maximum Gasteiger partial charge on any atom is 0.326 e. The number of benzene rings is 2. The number of aromatic nitrogens is 1. The van der Waals surface area contributed by atoms with E-state index in [1.54, 1.807) is 18.9 Å². The van der Waals surface area contributed by atoms with Crippen LogP contribution in [0.5, 0.6) is 5.75 Å². The van der Waals surface area contributed by atoms with Gasteiger partial charge in [-0.15, -0.1) is 11.3 Å². The predicted molar refractivity (Wildman–Crippen MR) is 180 cm³/mol. The van der Waals surface area contributed by atoms with Crippen molar-refractivity contribution in [3.63, 3.8) is 0 Å². The van der Waals surface area contributed by atoms with E-state index in [2.05, 4.69) is 36.1 Å². The summed E-state index contributed by atoms with van der Waals surface area (Å²) in [6, 6.07) is 15.0. The lowest BCUT2D eigenvalue weighted by Gasteiger charge is -2.27. The predicted octanol–water partition coefficient (Wildman–Crippen LogP) is 4.87. The van der Waals surface area contributed by atoms with Crippen molar-refractivity contribution in [1.82, 2.24) is 9.47 Å². The number of thioether (sulfide) groups is 1. The summed E-state index contributed by atoms with van der Waals surface area (Å²) in [5, 5.41) is 0. The zero-order chi connectivity index (χ0) is 31.0. The quantitative estimate of drug-likeness (QED) is 0.240. The molecule has 44 heavy (non-hydrogen) atoms. The van der Waals surface area contributed by atoms with Gasteiger partial charge in [0.15, 0.2) is 0 Å². The number of carbonyl (C=O) groups is 2. The van der Waals surface area contributed by atoms with E-state index in [-0.39, 0.29) is 24.6 Å². The van der Waals surface area contributed by atoms with Gasteiger partial charge in [-0.1, -0.05) is 49.8 Å². The average Bonchev–Trinajstić information content (AvgIpc) is 3.76. The first-order valence-corrected chi connectivity index (χ1v) is 17.1. The highest BCUT2D eigenvalue weighted by atomic mass is 32.2. The molecule has 0 bridgehead atoms. The highest BCUT2D eigenvalue weighted by Gasteiger charge is 2.42. The molecule has 1 aromatic heterocycles. The molecule has 3 heterocycles. The first-order chi connectivity index (χ1) is 21.3. The number of esters is 1. The number of thiazole rings is 1. The van der Waals surface area contributed by atoms with E-state index < -0.39 is 5.97 Å². The first-order valence-electron chi connectivity index (χ1n) is 15.1. The van der Waals surface area contributed by atoms with Crippen LogP contribution in [0, 0.1) is 0 Å². The molecule has 0 spiro atoms. The number of unbranched alkanes of at least 4 members (excludes halogenated alkanes) is 1. The van der Waals surface area contributed by atoms with Gasteiger partial charge in [0.05, 0.1) is 18.2 Å². The van der Waals surface area contributed by atoms with Gasteiger partial charge in [-0.3, -0.25) is 23.9 Å². The Bertz CT molecular complexity index is 1800. The minimum Gasteiger partial charge on any atom is -0.497 e. The number of ether oxygens (including phenoxy) is 2. The van der Waals surface area contributed by atoms with Crippen LogP contribution in [0.15, 0.2) is 47.3 Å². The normalized spacial score (nSPS) is 20.8. The van der Waals surface area contributed by atoms with E-state index in [9.17, 15) is 14.4 Å². The molecule has 2 atom stereocenters. The van der Waals surface area contributed by atoms with Crippen LogP contribution < -0.4 is 24.4 Å². The van der Waals surface area contributed by atoms with E-state index in [0.717, 1.165) is 42.7 Å². The Morgan fingerprint density at radius 3 is 2.64 bits per heavy atom. The molecule has 8 nitrogen and oxygen atoms in total. The lowest BCUT2D eigenvalue weighted by molar-refractivity contribution is -0.143. The molecule has 1 saturated heterocycles. The highest BCUT2D eigenvalue weighted by Crippen LogP contribution is 2.52. The van der Waals surface area contributed by atoms with E-state index in [1.807, 2.05) is 24.3 Å². The van der Waals surface area contributed by atoms with Gasteiger partial charge in [-0.2, -0.15) is 0 Å². The summed E-state index contributed by atoms with van der Waals surface area (Å²) >= 11 is 7.93. The summed E-state index contributed by atoms with van der Waals surface area (Å²) in [5.74, 6) is 0.502. The molecule has 11 heteroatoms. The molecule has 3 aromatic rings. The van der Waals surface area contributed by atoms with Crippen LogP contribution >= 0.6 is 35.3 Å². The van der Waals surface area contributed by atoms with Gasteiger partial charge in [0.1, 0.15) is 26.2 Å². The second kappa shape index (κ2) is 12.9. The Kier molecular flexibility index (Phi) is 8.98. The van der Waals surface area contributed by atoms with Gasteiger partial charge < -0.3 is 14.4 Å². The number of fused-ring (bicyclic) bond motifs is 3. The molecular weight excluding hydrogens is 615 g/mol. The zero-order valence-electron chi connectivity index (χ0n) is 25.0. The number of carbonyl (C=O) groups excluding carboxylic acids is 2. The molecule has 6 rings (SSSR count). The largest absolute Gasteiger partial charge is 0.497 e. The van der Waals surface area contributed by atoms with E-state index >= 15 is 0 Å². The molecule has 3 aliphatic rings. The monoisotopic (exact) mass is 649 g/mol. The molecule has 230 valence electrons. The highest BCUT2D eigenvalue weighted by molar-refractivity contribution is 8.30. The molecule has 0 N–H and O–H groups in total. The smallest absolute Gasteiger partial charge is 0.326 e. The SMILES string of the molecule is CCCCN1C(=O)/C(=c2\s/c(=C/c3ccc4c(c3)C3CCCC3N4c3ccc(OC)cc3)c(=O)n2CC(=O)OCC)SC1=S. The van der Waals surface area contributed by atoms with Crippen LogP contribution in [-0.4, -0.2) is 52.0 Å². The topological polar surface area (TPSA) is 81.1 Å². The summed E-state index contributed by atoms with van der Waals surface area (Å²) < 4.78 is 13.3. The molecule has 1 aliphatic carbocycles. The van der Waals surface area contributed by atoms with E-state index in [4.69, 9.17) is 21.7 Å². The minimum absolute atomic E-state index is 0.204. The van der Waals surface area contributed by atoms with Crippen LogP contribution in [0.1, 0.15) is 63.0 Å². The third kappa shape index (κ3) is 5.61. The fraction of sp³-hybridized carbons (Fsp3) is 0.394. The number of hydrogen-bond acceptors (Lipinski definition) is 9. The standard InChI is InChI=1S/C33H35N3O5S3/c1-4-6-16-34-31(39)29(44-33(34)42)32-35(19-28(37)41-5-2)30(38)27(43-32)18-20-10-15-26-24(17-20)23-8-7-9-25(23)36(26)21-11-13-22(40-3)14-12-21/h10-15,17-18,23,25H,4-9,16,19H2,1-3H3/b27-18+,32-29+. The third-order valence-corrected chi connectivity index (χ3v) is 11.1. The van der Waals surface area contributed by atoms with Crippen molar-refractivity contribution in [2.45, 2.75) is 64.5 Å². The molecule has 1 amide bonds. The zero-order valence-corrected chi connectivity index (χ0v) is 27.5. The number of nitrogens with zero attached hydrogens (tertiary/aromatic N) is 3. The molecular formula is C33H35N3O5S3. The molecule has 2 unspecified atom stereocenters. The molecule has 2 fully saturated rings. The van der Waals surface area contributed by atoms with Gasteiger partial charge >= 0.3 is 5.97 Å². The maximum absolute atomic E-state index is 13.8. The third-order valence-electron chi connectivity index (χ3n) is 8.45. The molecule has 2 aliphatic heterocycles. The fourth-order valence-electron chi connectivity index (χ4n) is 6.40. The summed E-state index contributed by atoms with van der Waals surface area (Å²) in [7, 11) is 1.67. The molecule has 1 saturated carbocycles. The lowest BCUT2D eigenvalue weighted by atomic mass is 9.96. The van der Waals surface area contributed by atoms with Crippen LogP contribution in [0.2, 0.25) is 0 Å². The van der Waals surface area contributed by atoms with Crippen LogP contribution in [0.3, 0.4) is 0 Å². The van der Waals surface area contributed by atoms with Crippen LogP contribution in [0.25, 0.3) is 11.0 Å². The van der Waals surface area contributed by atoms with Gasteiger partial charge in [0, 0.05) is 29.9 Å². The Balaban J connectivity index is 1.43. The van der Waals surface area contributed by atoms with Crippen molar-refractivity contribution in [2.24, 2.45) is 0 Å². The summed E-state index contributed by atoms with van der Waals surface area (Å²) in [6.07, 6.45) is 7.04. The lowest BCUT2D eigenvalue weighted by Crippen LogP contribution is -2.36. The van der Waals surface area contributed by atoms with E-state index in [1.165, 1.54) is 45.3 Å². The summed E-state index contributed by atoms with van der Waals surface area (Å²) in [5.41, 5.74) is 4.21. The van der Waals surface area contributed by atoms with Crippen LogP contribution in [-0.2, 0) is 20.9 Å². The van der Waals surface area contributed by atoms with Crippen molar-refractivity contribution in [1.29, 1.82) is 0 Å². The Labute approximate surface area is 270 Å². The van der Waals surface area contributed by atoms with Gasteiger partial charge in [0.25, 0.3) is 11.5 Å². The van der Waals surface area contributed by atoms with Gasteiger partial charge in [0.2, 0.25) is 0 Å². The van der Waals surface area contributed by atoms with Crippen molar-refractivity contribution < 1.29 is 19.1 Å². The maximum atomic E-state index is 13.8. The number of amides is 1. The number of thiocarbonyl (C=S) groups is 1. The Morgan fingerprint density at radius 2 is 1.91 bits per heavy atom. The van der Waals surface area contributed by atoms with Gasteiger partial charge in [-0.25, -0.2) is 0 Å². The number of anilines is 2. The van der Waals surface area contributed by atoms with Gasteiger partial charge in [-0.05, 0) is 79.8 Å². The van der Waals surface area contributed by atoms with Crippen molar-refractivity contribution >= 4 is 73.9 Å². The minimum atomic E-state index is -0.523. The first kappa shape index (κ1) is 30.6. The number of rotatable bonds is 9. The van der Waals surface area contributed by atoms with Crippen molar-refractivity contribution in [3.8, 4) is 5.75 Å². The molecule has 2 aromatic carbocycles. The van der Waals surface area contributed by atoms with Crippen molar-refractivity contribution in [3.05, 3.63) is 73.1 Å². The second-order valence-corrected chi connectivity index (χ2v) is 13.8. The molecule has 0 radical (unpaired) electrons. The van der Waals surface area contributed by atoms with E-state index in [0.29, 0.717) is 36.9 Å². The fourth-order valence-corrected chi connectivity index (χ4v) is 8.96. The second-order valence-electron chi connectivity index (χ2n) is 11.1. The summed E-state index contributed by atoms with van der Waals surface area (Å²) in [4.78, 5) is 44.1. The Morgan fingerprint density at radius 1 is 1.11 bits per heavy atom. The summed E-state index contributed by atoms with van der Waals surface area (Å²) in [6.45, 7) is 4.25.